The van der Waals surface area contributed by atoms with E-state index in [1.807, 2.05) is 0 Å². The number of hydrogen-bond acceptors (Lipinski definition) is 18. The predicted octanol–water partition coefficient (Wildman–Crippen LogP) is 13.0. The Bertz CT molecular complexity index is 1740. The SMILES string of the molecule is CCCCCCCCCCCCCCCCCCCCCCCCCCCCCCCCC(=O)NC(COC1OC(CO)C(OC2OC(CO)C(OC3OC(CO)C(O)C(O)C3O)C(O)C2O)C(O)C1O)C(O)CCCCCCCCCCCCCCCCCCCCCCC. The third kappa shape index (κ3) is 39.4. The molecule has 570 valence electrons. The lowest BCUT2D eigenvalue weighted by molar-refractivity contribution is -0.379. The maximum absolute atomic E-state index is 13.5. The number of carbonyl (C=O) groups is 1. The summed E-state index contributed by atoms with van der Waals surface area (Å²) >= 11 is 0. The molecule has 3 rings (SSSR count). The number of amides is 1. The van der Waals surface area contributed by atoms with Gasteiger partial charge in [0.2, 0.25) is 5.91 Å². The number of aliphatic hydroxyl groups is 11. The summed E-state index contributed by atoms with van der Waals surface area (Å²) in [5, 5.41) is 121. The third-order valence-electron chi connectivity index (χ3n) is 20.7. The fourth-order valence-electron chi connectivity index (χ4n) is 14.2. The number of carbonyl (C=O) groups excluding carboxylic acids is 1. The maximum atomic E-state index is 13.5. The first-order valence-corrected chi connectivity index (χ1v) is 40.3. The molecule has 0 aromatic carbocycles. The zero-order chi connectivity index (χ0) is 69.6. The number of aliphatic hydroxyl groups excluding tert-OH is 11. The molecule has 19 nitrogen and oxygen atoms in total. The zero-order valence-electron chi connectivity index (χ0n) is 60.9. The van der Waals surface area contributed by atoms with Crippen molar-refractivity contribution in [3.63, 3.8) is 0 Å². The quantitative estimate of drug-likeness (QED) is 0.0252. The summed E-state index contributed by atoms with van der Waals surface area (Å²) in [6.07, 6.45) is 40.5. The first kappa shape index (κ1) is 89.0. The van der Waals surface area contributed by atoms with E-state index in [9.17, 15) is 61.0 Å². The van der Waals surface area contributed by atoms with E-state index in [2.05, 4.69) is 19.2 Å². The van der Waals surface area contributed by atoms with Crippen molar-refractivity contribution in [1.29, 1.82) is 0 Å². The first-order valence-electron chi connectivity index (χ1n) is 40.3. The highest BCUT2D eigenvalue weighted by Gasteiger charge is 2.54. The Balaban J connectivity index is 1.36. The Morgan fingerprint density at radius 3 is 0.906 bits per heavy atom. The van der Waals surface area contributed by atoms with E-state index in [0.29, 0.717) is 12.8 Å². The lowest BCUT2D eigenvalue weighted by Crippen LogP contribution is -2.66. The van der Waals surface area contributed by atoms with Crippen molar-refractivity contribution in [1.82, 2.24) is 5.32 Å². The van der Waals surface area contributed by atoms with Gasteiger partial charge in [-0.1, -0.05) is 335 Å². The van der Waals surface area contributed by atoms with Gasteiger partial charge in [0.25, 0.3) is 0 Å². The van der Waals surface area contributed by atoms with Crippen LogP contribution in [0.1, 0.15) is 354 Å². The van der Waals surface area contributed by atoms with Crippen LogP contribution in [0.25, 0.3) is 0 Å². The van der Waals surface area contributed by atoms with Gasteiger partial charge in [0.1, 0.15) is 73.2 Å². The molecule has 0 saturated carbocycles. The minimum atomic E-state index is -1.97. The van der Waals surface area contributed by atoms with Crippen LogP contribution in [0.5, 0.6) is 0 Å². The van der Waals surface area contributed by atoms with Crippen LogP contribution in [-0.2, 0) is 33.2 Å². The smallest absolute Gasteiger partial charge is 0.220 e. The van der Waals surface area contributed by atoms with E-state index in [1.165, 1.54) is 276 Å². The van der Waals surface area contributed by atoms with Gasteiger partial charge >= 0.3 is 0 Å². The number of nitrogens with one attached hydrogen (secondary N) is 1. The maximum Gasteiger partial charge on any atom is 0.220 e. The summed E-state index contributed by atoms with van der Waals surface area (Å²) in [5.41, 5.74) is 0. The van der Waals surface area contributed by atoms with Gasteiger partial charge in [0.15, 0.2) is 18.9 Å². The van der Waals surface area contributed by atoms with E-state index in [-0.39, 0.29) is 18.9 Å². The summed E-state index contributed by atoms with van der Waals surface area (Å²) in [7, 11) is 0. The molecular formula is C77H149NO18. The Morgan fingerprint density at radius 2 is 0.594 bits per heavy atom. The van der Waals surface area contributed by atoms with E-state index >= 15 is 0 Å². The summed E-state index contributed by atoms with van der Waals surface area (Å²) in [4.78, 5) is 13.5. The van der Waals surface area contributed by atoms with Gasteiger partial charge in [-0.15, -0.1) is 0 Å². The molecule has 0 spiro atoms. The summed E-state index contributed by atoms with van der Waals surface area (Å²) in [6, 6.07) is -0.883. The Kier molecular flexibility index (Phi) is 54.9. The second-order valence-electron chi connectivity index (χ2n) is 29.2. The molecule has 3 aliphatic rings. The number of ether oxygens (including phenoxy) is 6. The monoisotopic (exact) mass is 1380 g/mol. The number of rotatable bonds is 65. The molecule has 0 radical (unpaired) electrons. The highest BCUT2D eigenvalue weighted by Crippen LogP contribution is 2.33. The van der Waals surface area contributed by atoms with Crippen LogP contribution in [0, 0.1) is 0 Å². The van der Waals surface area contributed by atoms with Crippen LogP contribution in [0.4, 0.5) is 0 Å². The lowest BCUT2D eigenvalue weighted by Gasteiger charge is -2.48. The lowest BCUT2D eigenvalue weighted by atomic mass is 9.96. The summed E-state index contributed by atoms with van der Waals surface area (Å²) < 4.78 is 34.5. The normalized spacial score (nSPS) is 26.9. The highest BCUT2D eigenvalue weighted by molar-refractivity contribution is 5.76. The third-order valence-corrected chi connectivity index (χ3v) is 20.7. The van der Waals surface area contributed by atoms with Crippen molar-refractivity contribution in [3.8, 4) is 0 Å². The zero-order valence-corrected chi connectivity index (χ0v) is 60.9. The van der Waals surface area contributed by atoms with E-state index in [4.69, 9.17) is 28.4 Å². The first-order chi connectivity index (χ1) is 46.8. The highest BCUT2D eigenvalue weighted by atomic mass is 16.8. The molecule has 17 unspecified atom stereocenters. The second-order valence-corrected chi connectivity index (χ2v) is 29.2. The van der Waals surface area contributed by atoms with Crippen molar-refractivity contribution in [2.45, 2.75) is 458 Å². The second kappa shape index (κ2) is 59.2. The van der Waals surface area contributed by atoms with Crippen LogP contribution in [-0.4, -0.2) is 193 Å². The van der Waals surface area contributed by atoms with E-state index < -0.39 is 124 Å². The fraction of sp³-hybridized carbons (Fsp3) is 0.987. The largest absolute Gasteiger partial charge is 0.394 e. The number of unbranched alkanes of at least 4 members (excludes halogenated alkanes) is 49. The summed E-state index contributed by atoms with van der Waals surface area (Å²) in [5.74, 6) is -0.233. The Labute approximate surface area is 583 Å². The molecule has 17 atom stereocenters. The van der Waals surface area contributed by atoms with Crippen LogP contribution < -0.4 is 5.32 Å². The standard InChI is InChI=1S/C77H149NO18/c1-3-5-7-9-11-13-15-17-19-21-23-25-26-27-28-29-30-31-32-33-35-37-39-41-43-45-47-49-51-53-55-65(83)78-60(61(82)54-52-50-48-46-44-42-40-38-36-34-24-22-20-18-16-14-12-10-8-6-4-2)59-91-75-71(89)68(86)73(63(57-80)93-75)96-77-72(90)69(87)74(64(58-81)94-77)95-76-70(88)67(85)66(84)62(56-79)92-76/h60-64,66-77,79-82,84-90H,3-59H2,1-2H3,(H,78,83). The van der Waals surface area contributed by atoms with Crippen LogP contribution >= 0.6 is 0 Å². The molecule has 19 heteroatoms. The van der Waals surface area contributed by atoms with Crippen LogP contribution in [0.2, 0.25) is 0 Å². The van der Waals surface area contributed by atoms with Crippen molar-refractivity contribution < 1.29 is 89.4 Å². The minimum absolute atomic E-state index is 0.233. The van der Waals surface area contributed by atoms with E-state index in [1.54, 1.807) is 0 Å². The molecule has 12 N–H and O–H groups in total. The predicted molar refractivity (Wildman–Crippen MR) is 379 cm³/mol. The molecule has 1 amide bonds. The summed E-state index contributed by atoms with van der Waals surface area (Å²) in [6.45, 7) is 1.87. The molecule has 3 heterocycles. The molecular weight excluding hydrogens is 1230 g/mol. The van der Waals surface area contributed by atoms with Gasteiger partial charge in [-0.3, -0.25) is 4.79 Å². The van der Waals surface area contributed by atoms with Gasteiger partial charge < -0.3 is 89.9 Å². The Morgan fingerprint density at radius 1 is 0.333 bits per heavy atom. The van der Waals surface area contributed by atoms with Crippen molar-refractivity contribution in [2.75, 3.05) is 26.4 Å². The molecule has 0 bridgehead atoms. The van der Waals surface area contributed by atoms with Crippen LogP contribution in [0.3, 0.4) is 0 Å². The van der Waals surface area contributed by atoms with Crippen molar-refractivity contribution >= 4 is 5.91 Å². The molecule has 3 aliphatic heterocycles. The minimum Gasteiger partial charge on any atom is -0.394 e. The van der Waals surface area contributed by atoms with Crippen molar-refractivity contribution in [3.05, 3.63) is 0 Å². The van der Waals surface area contributed by atoms with Gasteiger partial charge in [-0.25, -0.2) is 0 Å². The average molecular weight is 1380 g/mol. The molecule has 3 saturated heterocycles. The van der Waals surface area contributed by atoms with Crippen molar-refractivity contribution in [2.24, 2.45) is 0 Å². The Hall–Kier alpha value is -1.21. The van der Waals surface area contributed by atoms with Gasteiger partial charge in [0, 0.05) is 6.42 Å². The average Bonchev–Trinajstić information content (AvgIpc) is 0.788. The molecule has 0 aromatic heterocycles. The van der Waals surface area contributed by atoms with Gasteiger partial charge in [0.05, 0.1) is 38.6 Å². The van der Waals surface area contributed by atoms with E-state index in [0.717, 1.165) is 44.9 Å². The van der Waals surface area contributed by atoms with Crippen LogP contribution in [0.15, 0.2) is 0 Å². The van der Waals surface area contributed by atoms with Gasteiger partial charge in [-0.2, -0.15) is 0 Å². The topological polar surface area (TPSA) is 307 Å². The fourth-order valence-corrected chi connectivity index (χ4v) is 14.2. The molecule has 3 fully saturated rings. The molecule has 96 heavy (non-hydrogen) atoms. The molecule has 0 aliphatic carbocycles. The number of hydrogen-bond donors (Lipinski definition) is 12. The molecule has 0 aromatic rings. The van der Waals surface area contributed by atoms with Gasteiger partial charge in [-0.05, 0) is 12.8 Å².